The summed E-state index contributed by atoms with van der Waals surface area (Å²) in [4.78, 5) is 18.1. The van der Waals surface area contributed by atoms with Crippen molar-refractivity contribution in [3.05, 3.63) is 58.3 Å². The number of fused-ring (bicyclic) bond motifs is 1. The predicted molar refractivity (Wildman–Crippen MR) is 123 cm³/mol. The topological polar surface area (TPSA) is 69.4 Å². The lowest BCUT2D eigenvalue weighted by Crippen LogP contribution is -2.39. The molecule has 0 aliphatic rings. The molecule has 3 rings (SSSR count). The fourth-order valence-electron chi connectivity index (χ4n) is 3.91. The monoisotopic (exact) mass is 478 g/mol. The Morgan fingerprint density at radius 2 is 1.79 bits per heavy atom. The highest BCUT2D eigenvalue weighted by atomic mass is 35.5. The Bertz CT molecular complexity index is 1190. The number of aryl methyl sites for hydroxylation is 2. The number of pyridine rings is 2. The summed E-state index contributed by atoms with van der Waals surface area (Å²) in [5, 5.41) is 7.64. The molecule has 1 unspecified atom stereocenters. The van der Waals surface area contributed by atoms with Gasteiger partial charge in [-0.1, -0.05) is 6.07 Å². The zero-order valence-corrected chi connectivity index (χ0v) is 20.7. The van der Waals surface area contributed by atoms with Gasteiger partial charge >= 0.3 is 5.97 Å². The predicted octanol–water partition coefficient (Wildman–Crippen LogP) is 5.92. The van der Waals surface area contributed by atoms with Crippen molar-refractivity contribution in [2.75, 3.05) is 0 Å². The summed E-state index contributed by atoms with van der Waals surface area (Å²) in [6.07, 6.45) is -1.25. The Morgan fingerprint density at radius 3 is 2.36 bits per heavy atom. The van der Waals surface area contributed by atoms with Gasteiger partial charge in [-0.3, -0.25) is 14.2 Å². The van der Waals surface area contributed by atoms with Crippen LogP contribution in [0.5, 0.6) is 0 Å². The van der Waals surface area contributed by atoms with Crippen LogP contribution < -0.4 is 0 Å². The average molecular weight is 479 g/mol. The fraction of sp³-hybridized carbons (Fsp3) is 0.500. The summed E-state index contributed by atoms with van der Waals surface area (Å²) >= 11 is 6.11. The molecule has 178 valence electrons. The van der Waals surface area contributed by atoms with E-state index < -0.39 is 35.2 Å². The van der Waals surface area contributed by atoms with Crippen molar-refractivity contribution in [3.63, 3.8) is 0 Å². The lowest BCUT2D eigenvalue weighted by Gasteiger charge is -2.36. The lowest BCUT2D eigenvalue weighted by molar-refractivity contribution is -0.166. The van der Waals surface area contributed by atoms with Gasteiger partial charge in [0.2, 0.25) is 5.82 Å². The van der Waals surface area contributed by atoms with Crippen LogP contribution in [0.25, 0.3) is 5.65 Å². The molecule has 0 saturated carbocycles. The van der Waals surface area contributed by atoms with E-state index in [0.717, 1.165) is 11.1 Å². The Labute approximate surface area is 197 Å². The number of halogens is 3. The number of aromatic nitrogens is 4. The van der Waals surface area contributed by atoms with E-state index in [2.05, 4.69) is 10.2 Å². The first-order chi connectivity index (χ1) is 15.3. The van der Waals surface area contributed by atoms with Gasteiger partial charge in [-0.25, -0.2) is 8.78 Å². The standard InChI is InChI=1S/C24H29ClF2N4O2/c1-13-8-9-16(28-17(13)12-25)18(24(6,7)22(32)33-23(3,4)5)15-10-11-31-20(14(15)2)29-30-21(31)19(26)27/h8-11,18-19H,12H2,1-7H3. The van der Waals surface area contributed by atoms with Gasteiger partial charge in [-0.05, 0) is 77.3 Å². The Balaban J connectivity index is 2.25. The van der Waals surface area contributed by atoms with E-state index in [-0.39, 0.29) is 5.88 Å². The molecule has 3 aromatic heterocycles. The molecule has 0 spiro atoms. The molecule has 0 bridgehead atoms. The van der Waals surface area contributed by atoms with Crippen LogP contribution in [0.4, 0.5) is 8.78 Å². The van der Waals surface area contributed by atoms with Gasteiger partial charge in [0.15, 0.2) is 5.65 Å². The zero-order chi connectivity index (χ0) is 24.7. The maximum Gasteiger partial charge on any atom is 0.313 e. The number of carbonyl (C=O) groups excluding carboxylic acids is 1. The smallest absolute Gasteiger partial charge is 0.313 e. The van der Waals surface area contributed by atoms with Gasteiger partial charge in [-0.15, -0.1) is 21.8 Å². The highest BCUT2D eigenvalue weighted by Crippen LogP contribution is 2.44. The van der Waals surface area contributed by atoms with Gasteiger partial charge in [0.1, 0.15) is 5.60 Å². The van der Waals surface area contributed by atoms with Gasteiger partial charge in [0.25, 0.3) is 6.43 Å². The molecular weight excluding hydrogens is 450 g/mol. The molecule has 0 radical (unpaired) electrons. The number of hydrogen-bond donors (Lipinski definition) is 0. The Morgan fingerprint density at radius 1 is 1.12 bits per heavy atom. The maximum absolute atomic E-state index is 13.4. The van der Waals surface area contributed by atoms with E-state index >= 15 is 0 Å². The van der Waals surface area contributed by atoms with Crippen LogP contribution in [-0.2, 0) is 15.4 Å². The number of rotatable bonds is 6. The second-order valence-electron chi connectivity index (χ2n) is 9.74. The maximum atomic E-state index is 13.4. The molecule has 1 atom stereocenters. The lowest BCUT2D eigenvalue weighted by atomic mass is 9.71. The molecule has 0 saturated heterocycles. The minimum absolute atomic E-state index is 0.221. The fourth-order valence-corrected chi connectivity index (χ4v) is 4.18. The van der Waals surface area contributed by atoms with E-state index in [4.69, 9.17) is 21.3 Å². The van der Waals surface area contributed by atoms with E-state index in [1.54, 1.807) is 26.8 Å². The Hall–Kier alpha value is -2.61. The average Bonchev–Trinajstić information content (AvgIpc) is 3.15. The normalized spacial score (nSPS) is 13.5. The first-order valence-corrected chi connectivity index (χ1v) is 11.2. The molecule has 0 N–H and O–H groups in total. The van der Waals surface area contributed by atoms with Crippen molar-refractivity contribution >= 4 is 23.2 Å². The molecule has 0 aromatic carbocycles. The molecule has 3 heterocycles. The summed E-state index contributed by atoms with van der Waals surface area (Å²) in [6.45, 7) is 12.7. The molecule has 9 heteroatoms. The molecule has 0 amide bonds. The van der Waals surface area contributed by atoms with Gasteiger partial charge in [0, 0.05) is 17.8 Å². The van der Waals surface area contributed by atoms with Crippen LogP contribution in [0.15, 0.2) is 24.4 Å². The van der Waals surface area contributed by atoms with Crippen LogP contribution in [0, 0.1) is 19.3 Å². The molecule has 33 heavy (non-hydrogen) atoms. The summed E-state index contributed by atoms with van der Waals surface area (Å²) in [7, 11) is 0. The molecule has 0 aliphatic carbocycles. The molecular formula is C24H29ClF2N4O2. The van der Waals surface area contributed by atoms with Gasteiger partial charge in [-0.2, -0.15) is 0 Å². The molecule has 0 fully saturated rings. The third-order valence-corrected chi connectivity index (χ3v) is 5.95. The third-order valence-electron chi connectivity index (χ3n) is 5.69. The summed E-state index contributed by atoms with van der Waals surface area (Å²) in [5.41, 5.74) is 2.21. The molecule has 6 nitrogen and oxygen atoms in total. The molecule has 0 aliphatic heterocycles. The largest absolute Gasteiger partial charge is 0.460 e. The van der Waals surface area contributed by atoms with Gasteiger partial charge < -0.3 is 4.74 Å². The third kappa shape index (κ3) is 4.86. The first-order valence-electron chi connectivity index (χ1n) is 10.7. The summed E-state index contributed by atoms with van der Waals surface area (Å²) in [6, 6.07) is 5.49. The number of ether oxygens (including phenoxy) is 1. The van der Waals surface area contributed by atoms with Crippen molar-refractivity contribution in [2.45, 2.75) is 72.3 Å². The van der Waals surface area contributed by atoms with Crippen molar-refractivity contribution in [3.8, 4) is 0 Å². The van der Waals surface area contributed by atoms with Crippen molar-refractivity contribution in [2.24, 2.45) is 5.41 Å². The minimum atomic E-state index is -2.76. The quantitative estimate of drug-likeness (QED) is 0.325. The number of esters is 1. The van der Waals surface area contributed by atoms with E-state index in [1.165, 1.54) is 10.6 Å². The van der Waals surface area contributed by atoms with Crippen LogP contribution in [-0.4, -0.2) is 31.2 Å². The second-order valence-corrected chi connectivity index (χ2v) is 10.0. The molecule has 3 aromatic rings. The van der Waals surface area contributed by atoms with Crippen LogP contribution >= 0.6 is 11.6 Å². The van der Waals surface area contributed by atoms with Crippen molar-refractivity contribution < 1.29 is 18.3 Å². The van der Waals surface area contributed by atoms with E-state index in [9.17, 15) is 13.6 Å². The second kappa shape index (κ2) is 8.97. The van der Waals surface area contributed by atoms with E-state index in [1.807, 2.05) is 39.8 Å². The zero-order valence-electron chi connectivity index (χ0n) is 19.9. The highest BCUT2D eigenvalue weighted by molar-refractivity contribution is 6.17. The number of alkyl halides is 3. The first kappa shape index (κ1) is 25.0. The van der Waals surface area contributed by atoms with Gasteiger partial charge in [0.05, 0.1) is 17.0 Å². The summed E-state index contributed by atoms with van der Waals surface area (Å²) < 4.78 is 33.7. The number of hydrogen-bond acceptors (Lipinski definition) is 5. The SMILES string of the molecule is Cc1ccc(C(c2ccn3c(C(F)F)nnc3c2C)C(C)(C)C(=O)OC(C)(C)C)nc1CCl. The Kier molecular flexibility index (Phi) is 6.80. The van der Waals surface area contributed by atoms with Crippen LogP contribution in [0.2, 0.25) is 0 Å². The number of nitrogens with zero attached hydrogens (tertiary/aromatic N) is 4. The van der Waals surface area contributed by atoms with Crippen molar-refractivity contribution in [1.82, 2.24) is 19.6 Å². The minimum Gasteiger partial charge on any atom is -0.460 e. The van der Waals surface area contributed by atoms with Crippen molar-refractivity contribution in [1.29, 1.82) is 0 Å². The highest BCUT2D eigenvalue weighted by Gasteiger charge is 2.43. The van der Waals surface area contributed by atoms with Crippen LogP contribution in [0.3, 0.4) is 0 Å². The summed E-state index contributed by atoms with van der Waals surface area (Å²) in [5.74, 6) is -1.16. The van der Waals surface area contributed by atoms with Crippen LogP contribution in [0.1, 0.15) is 80.9 Å². The number of carbonyl (C=O) groups is 1. The van der Waals surface area contributed by atoms with E-state index in [0.29, 0.717) is 22.6 Å².